The highest BCUT2D eigenvalue weighted by atomic mass is 35.5. The summed E-state index contributed by atoms with van der Waals surface area (Å²) in [5, 5.41) is 10.4. The molecule has 1 heterocycles. The maximum Gasteiger partial charge on any atom is 0.240 e. The number of carbonyl (C=O) groups excluding carboxylic acids is 1. The van der Waals surface area contributed by atoms with Crippen LogP contribution in [0.5, 0.6) is 0 Å². The second kappa shape index (κ2) is 7.38. The van der Waals surface area contributed by atoms with Crippen LogP contribution in [0.15, 0.2) is 24.3 Å². The monoisotopic (exact) mass is 324 g/mol. The Labute approximate surface area is 133 Å². The molecule has 0 saturated carbocycles. The molecular weight excluding hydrogens is 308 g/mol. The number of benzene rings is 1. The van der Waals surface area contributed by atoms with Crippen molar-refractivity contribution in [1.82, 2.24) is 20.1 Å². The van der Waals surface area contributed by atoms with Gasteiger partial charge in [0.15, 0.2) is 10.6 Å². The van der Waals surface area contributed by atoms with Crippen molar-refractivity contribution < 1.29 is 4.79 Å². The molecule has 1 aromatic heterocycles. The Morgan fingerprint density at radius 1 is 1.43 bits per heavy atom. The molecule has 0 saturated heterocycles. The third kappa shape index (κ3) is 4.15. The number of hydrogen-bond donors (Lipinski definition) is 2. The fraction of sp³-hybridized carbons (Fsp3) is 0.357. The van der Waals surface area contributed by atoms with Crippen LogP contribution < -0.4 is 5.32 Å². The first kappa shape index (κ1) is 15.7. The predicted octanol–water partition coefficient (Wildman–Crippen LogP) is 3.18. The SMILES string of the molecule is CCCCNC(=O)Cn1c(-c2ccc(Cl)cc2)n[nH]c1=S. The molecule has 0 atom stereocenters. The highest BCUT2D eigenvalue weighted by Crippen LogP contribution is 2.19. The van der Waals surface area contributed by atoms with Gasteiger partial charge in [-0.3, -0.25) is 14.5 Å². The van der Waals surface area contributed by atoms with E-state index in [-0.39, 0.29) is 12.5 Å². The molecule has 1 amide bonds. The van der Waals surface area contributed by atoms with Gasteiger partial charge in [-0.1, -0.05) is 24.9 Å². The van der Waals surface area contributed by atoms with E-state index < -0.39 is 0 Å². The summed E-state index contributed by atoms with van der Waals surface area (Å²) in [4.78, 5) is 11.9. The van der Waals surface area contributed by atoms with Crippen molar-refractivity contribution in [3.63, 3.8) is 0 Å². The lowest BCUT2D eigenvalue weighted by molar-refractivity contribution is -0.121. The van der Waals surface area contributed by atoms with Crippen LogP contribution in [0.3, 0.4) is 0 Å². The number of hydrogen-bond acceptors (Lipinski definition) is 3. The standard InChI is InChI=1S/C14H17ClN4OS/c1-2-3-8-16-12(20)9-19-13(17-18-14(19)21)10-4-6-11(15)7-5-10/h4-7H,2-3,8-9H2,1H3,(H,16,20)(H,18,21). The van der Waals surface area contributed by atoms with E-state index in [9.17, 15) is 4.79 Å². The van der Waals surface area contributed by atoms with Gasteiger partial charge in [-0.15, -0.1) is 0 Å². The lowest BCUT2D eigenvalue weighted by atomic mass is 10.2. The number of aromatic amines is 1. The molecule has 7 heteroatoms. The van der Waals surface area contributed by atoms with Gasteiger partial charge < -0.3 is 5.32 Å². The van der Waals surface area contributed by atoms with Gasteiger partial charge in [0.1, 0.15) is 6.54 Å². The first-order valence-corrected chi connectivity index (χ1v) is 7.58. The van der Waals surface area contributed by atoms with E-state index in [1.807, 2.05) is 12.1 Å². The third-order valence-electron chi connectivity index (χ3n) is 3.01. The molecule has 0 radical (unpaired) electrons. The zero-order valence-electron chi connectivity index (χ0n) is 11.7. The molecule has 0 aliphatic heterocycles. The van der Waals surface area contributed by atoms with Crippen LogP contribution >= 0.6 is 23.8 Å². The number of carbonyl (C=O) groups is 1. The number of nitrogens with one attached hydrogen (secondary N) is 2. The van der Waals surface area contributed by atoms with Crippen molar-refractivity contribution in [2.24, 2.45) is 0 Å². The van der Waals surface area contributed by atoms with Gasteiger partial charge in [-0.2, -0.15) is 5.10 Å². The molecule has 0 bridgehead atoms. The van der Waals surface area contributed by atoms with E-state index in [4.69, 9.17) is 23.8 Å². The first-order chi connectivity index (χ1) is 10.1. The van der Waals surface area contributed by atoms with Gasteiger partial charge >= 0.3 is 0 Å². The minimum Gasteiger partial charge on any atom is -0.355 e. The van der Waals surface area contributed by atoms with Crippen LogP contribution in [-0.4, -0.2) is 27.2 Å². The smallest absolute Gasteiger partial charge is 0.240 e. The summed E-state index contributed by atoms with van der Waals surface area (Å²) in [5.74, 6) is 0.554. The van der Waals surface area contributed by atoms with E-state index in [2.05, 4.69) is 22.4 Å². The van der Waals surface area contributed by atoms with E-state index in [0.717, 1.165) is 18.4 Å². The molecule has 0 fully saturated rings. The number of aromatic nitrogens is 3. The normalized spacial score (nSPS) is 10.6. The summed E-state index contributed by atoms with van der Waals surface area (Å²) in [6.07, 6.45) is 2.01. The second-order valence-electron chi connectivity index (χ2n) is 4.65. The van der Waals surface area contributed by atoms with E-state index in [0.29, 0.717) is 22.2 Å². The Balaban J connectivity index is 2.17. The van der Waals surface area contributed by atoms with Gasteiger partial charge in [0.05, 0.1) is 0 Å². The Hall–Kier alpha value is -1.66. The number of H-pyrrole nitrogens is 1. The molecule has 2 aromatic rings. The molecule has 0 spiro atoms. The molecule has 0 aliphatic carbocycles. The summed E-state index contributed by atoms with van der Waals surface area (Å²) in [6.45, 7) is 2.91. The quantitative estimate of drug-likeness (QED) is 0.633. The topological polar surface area (TPSA) is 62.7 Å². The largest absolute Gasteiger partial charge is 0.355 e. The Kier molecular flexibility index (Phi) is 5.52. The van der Waals surface area contributed by atoms with Crippen LogP contribution in [0.2, 0.25) is 5.02 Å². The van der Waals surface area contributed by atoms with Gasteiger partial charge in [-0.25, -0.2) is 0 Å². The second-order valence-corrected chi connectivity index (χ2v) is 5.47. The lowest BCUT2D eigenvalue weighted by Gasteiger charge is -2.08. The van der Waals surface area contributed by atoms with Gasteiger partial charge in [0.25, 0.3) is 0 Å². The summed E-state index contributed by atoms with van der Waals surface area (Å²) < 4.78 is 2.10. The summed E-state index contributed by atoms with van der Waals surface area (Å²) in [5.41, 5.74) is 0.855. The molecule has 2 N–H and O–H groups in total. The fourth-order valence-electron chi connectivity index (χ4n) is 1.89. The van der Waals surface area contributed by atoms with Gasteiger partial charge in [0.2, 0.25) is 5.91 Å². The number of nitrogens with zero attached hydrogens (tertiary/aromatic N) is 2. The van der Waals surface area contributed by atoms with E-state index >= 15 is 0 Å². The first-order valence-electron chi connectivity index (χ1n) is 6.79. The molecule has 112 valence electrons. The van der Waals surface area contributed by atoms with Crippen LogP contribution in [0.1, 0.15) is 19.8 Å². The van der Waals surface area contributed by atoms with Crippen molar-refractivity contribution in [3.8, 4) is 11.4 Å². The molecule has 0 unspecified atom stereocenters. The Bertz CT molecular complexity index is 662. The van der Waals surface area contributed by atoms with E-state index in [1.54, 1.807) is 16.7 Å². The maximum atomic E-state index is 11.9. The molecule has 5 nitrogen and oxygen atoms in total. The lowest BCUT2D eigenvalue weighted by Crippen LogP contribution is -2.28. The molecule has 1 aromatic carbocycles. The highest BCUT2D eigenvalue weighted by Gasteiger charge is 2.12. The van der Waals surface area contributed by atoms with Crippen molar-refractivity contribution in [3.05, 3.63) is 34.1 Å². The van der Waals surface area contributed by atoms with Crippen LogP contribution in [0.4, 0.5) is 0 Å². The zero-order chi connectivity index (χ0) is 15.2. The predicted molar refractivity (Wildman–Crippen MR) is 85.8 cm³/mol. The van der Waals surface area contributed by atoms with Crippen molar-refractivity contribution in [2.45, 2.75) is 26.3 Å². The van der Waals surface area contributed by atoms with Crippen molar-refractivity contribution in [2.75, 3.05) is 6.54 Å². The fourth-order valence-corrected chi connectivity index (χ4v) is 2.21. The Morgan fingerprint density at radius 2 is 2.14 bits per heavy atom. The van der Waals surface area contributed by atoms with Crippen molar-refractivity contribution in [1.29, 1.82) is 0 Å². The summed E-state index contributed by atoms with van der Waals surface area (Å²) in [7, 11) is 0. The maximum absolute atomic E-state index is 11.9. The molecule has 2 rings (SSSR count). The number of halogens is 1. The summed E-state index contributed by atoms with van der Waals surface area (Å²) >= 11 is 11.1. The van der Waals surface area contributed by atoms with Gasteiger partial charge in [-0.05, 0) is 42.9 Å². The number of rotatable bonds is 6. The minimum absolute atomic E-state index is 0.0730. The average molecular weight is 325 g/mol. The molecular formula is C14H17ClN4OS. The van der Waals surface area contributed by atoms with Crippen LogP contribution in [-0.2, 0) is 11.3 Å². The zero-order valence-corrected chi connectivity index (χ0v) is 13.3. The van der Waals surface area contributed by atoms with Gasteiger partial charge in [0, 0.05) is 17.1 Å². The third-order valence-corrected chi connectivity index (χ3v) is 3.58. The minimum atomic E-state index is -0.0730. The number of amides is 1. The molecule has 0 aliphatic rings. The molecule has 21 heavy (non-hydrogen) atoms. The van der Waals surface area contributed by atoms with Crippen LogP contribution in [0, 0.1) is 4.77 Å². The van der Waals surface area contributed by atoms with E-state index in [1.165, 1.54) is 0 Å². The number of unbranched alkanes of at least 4 members (excludes halogenated alkanes) is 1. The summed E-state index contributed by atoms with van der Waals surface area (Å²) in [6, 6.07) is 7.25. The highest BCUT2D eigenvalue weighted by molar-refractivity contribution is 7.71. The van der Waals surface area contributed by atoms with Crippen molar-refractivity contribution >= 4 is 29.7 Å². The average Bonchev–Trinajstić information content (AvgIpc) is 2.82. The van der Waals surface area contributed by atoms with Crippen LogP contribution in [0.25, 0.3) is 11.4 Å². The Morgan fingerprint density at radius 3 is 2.81 bits per heavy atom.